The van der Waals surface area contributed by atoms with E-state index in [2.05, 4.69) is 58.0 Å². The van der Waals surface area contributed by atoms with Crippen LogP contribution >= 0.6 is 0 Å². The van der Waals surface area contributed by atoms with E-state index < -0.39 is 0 Å². The van der Waals surface area contributed by atoms with Crippen molar-refractivity contribution in [3.05, 3.63) is 82.0 Å². The van der Waals surface area contributed by atoms with Crippen LogP contribution in [0.4, 0.5) is 0 Å². The van der Waals surface area contributed by atoms with E-state index in [0.29, 0.717) is 12.1 Å². The van der Waals surface area contributed by atoms with Gasteiger partial charge in [-0.3, -0.25) is 4.90 Å². The summed E-state index contributed by atoms with van der Waals surface area (Å²) >= 11 is 0. The zero-order chi connectivity index (χ0) is 15.9. The van der Waals surface area contributed by atoms with Crippen molar-refractivity contribution in [3.63, 3.8) is 0 Å². The molecule has 1 aromatic heterocycles. The van der Waals surface area contributed by atoms with Crippen molar-refractivity contribution < 1.29 is 0 Å². The van der Waals surface area contributed by atoms with Crippen LogP contribution in [0, 0.1) is 0 Å². The molecule has 1 spiro atoms. The lowest BCUT2D eigenvalue weighted by molar-refractivity contribution is 0.0529. The van der Waals surface area contributed by atoms with Gasteiger partial charge in [-0.15, -0.1) is 0 Å². The van der Waals surface area contributed by atoms with Gasteiger partial charge in [0.25, 0.3) is 0 Å². The summed E-state index contributed by atoms with van der Waals surface area (Å²) in [5.74, 6) is 0. The molecule has 0 aliphatic carbocycles. The van der Waals surface area contributed by atoms with Crippen molar-refractivity contribution >= 4 is 0 Å². The molecule has 1 saturated heterocycles. The average molecular weight is 322 g/mol. The maximum atomic E-state index is 2.92. The molecule has 25 heavy (non-hydrogen) atoms. The first-order valence-electron chi connectivity index (χ1n) is 9.63. The van der Waals surface area contributed by atoms with Crippen LogP contribution in [-0.2, 0) is 18.5 Å². The molecule has 120 valence electrons. The molecule has 5 aliphatic rings. The van der Waals surface area contributed by atoms with Crippen molar-refractivity contribution in [1.82, 2.24) is 9.47 Å². The molecular weight excluding hydrogens is 304 g/mol. The topological polar surface area (TPSA) is 8.17 Å². The SMILES string of the molecule is c1cc2c3c(c1)-c1ccc4n1[C@]31c3c(cccc3C3CCC(C2)N31)C4. The van der Waals surface area contributed by atoms with E-state index in [0.717, 1.165) is 6.42 Å². The summed E-state index contributed by atoms with van der Waals surface area (Å²) in [5, 5.41) is 0. The van der Waals surface area contributed by atoms with Crippen molar-refractivity contribution in [2.24, 2.45) is 0 Å². The Balaban J connectivity index is 1.68. The smallest absolute Gasteiger partial charge is 0.152 e. The Hall–Kier alpha value is -2.32. The minimum Gasteiger partial charge on any atom is -0.317 e. The Morgan fingerprint density at radius 3 is 2.80 bits per heavy atom. The fourth-order valence-electron chi connectivity index (χ4n) is 7.12. The van der Waals surface area contributed by atoms with Crippen molar-refractivity contribution in [2.75, 3.05) is 0 Å². The summed E-state index contributed by atoms with van der Waals surface area (Å²) in [6.07, 6.45) is 4.97. The third-order valence-electron chi connectivity index (χ3n) is 7.65. The van der Waals surface area contributed by atoms with Crippen LogP contribution < -0.4 is 0 Å². The fourth-order valence-corrected chi connectivity index (χ4v) is 7.12. The van der Waals surface area contributed by atoms with Crippen LogP contribution in [0.15, 0.2) is 48.5 Å². The van der Waals surface area contributed by atoms with Crippen molar-refractivity contribution in [1.29, 1.82) is 0 Å². The van der Waals surface area contributed by atoms with E-state index in [9.17, 15) is 0 Å². The molecule has 0 saturated carbocycles. The molecule has 6 heterocycles. The lowest BCUT2D eigenvalue weighted by Crippen LogP contribution is -2.55. The summed E-state index contributed by atoms with van der Waals surface area (Å²) in [7, 11) is 0. The van der Waals surface area contributed by atoms with Gasteiger partial charge in [-0.1, -0.05) is 36.4 Å². The predicted molar refractivity (Wildman–Crippen MR) is 96.6 cm³/mol. The van der Waals surface area contributed by atoms with E-state index >= 15 is 0 Å². The van der Waals surface area contributed by atoms with Gasteiger partial charge in [-0.25, -0.2) is 0 Å². The molecule has 3 aromatic rings. The van der Waals surface area contributed by atoms with Crippen LogP contribution in [0.25, 0.3) is 11.3 Å². The third-order valence-corrected chi connectivity index (χ3v) is 7.65. The number of nitrogens with zero attached hydrogens (tertiary/aromatic N) is 2. The molecule has 2 heteroatoms. The second-order valence-corrected chi connectivity index (χ2v) is 8.47. The Morgan fingerprint density at radius 2 is 1.80 bits per heavy atom. The third kappa shape index (κ3) is 0.999. The molecule has 8 rings (SSSR count). The number of rotatable bonds is 0. The Labute approximate surface area is 146 Å². The summed E-state index contributed by atoms with van der Waals surface area (Å²) in [5.41, 5.74) is 12.4. The van der Waals surface area contributed by atoms with Crippen LogP contribution in [0.2, 0.25) is 0 Å². The first-order chi connectivity index (χ1) is 12.4. The second-order valence-electron chi connectivity index (χ2n) is 8.47. The number of benzene rings is 2. The number of fused-ring (bicyclic) bond motifs is 2. The largest absolute Gasteiger partial charge is 0.317 e. The van der Waals surface area contributed by atoms with E-state index in [1.807, 2.05) is 0 Å². The number of hydrogen-bond donors (Lipinski definition) is 0. The van der Waals surface area contributed by atoms with Gasteiger partial charge in [0.05, 0.1) is 5.69 Å². The fraction of sp³-hybridized carbons (Fsp3) is 0.304. The minimum absolute atomic E-state index is 0.0334. The van der Waals surface area contributed by atoms with E-state index in [4.69, 9.17) is 0 Å². The highest BCUT2D eigenvalue weighted by molar-refractivity contribution is 5.80. The Bertz CT molecular complexity index is 1140. The molecule has 2 nitrogen and oxygen atoms in total. The standard InChI is InChI=1S/C23H18N2/c1-3-13-11-15-8-10-20-18-6-2-4-14-12-16-7-9-19-17(5-1)21(13)23(22(14)18,24(16)19)25(15)20/h1-7,9,15,20H,8,10-12H2/t15?,20?,23-/m1/s1. The molecule has 5 aliphatic heterocycles. The quantitative estimate of drug-likeness (QED) is 0.602. The molecule has 2 aromatic carbocycles. The first kappa shape index (κ1) is 12.1. The van der Waals surface area contributed by atoms with E-state index in [1.54, 1.807) is 27.8 Å². The van der Waals surface area contributed by atoms with Crippen LogP contribution in [-0.4, -0.2) is 15.5 Å². The highest BCUT2D eigenvalue weighted by Crippen LogP contribution is 2.66. The van der Waals surface area contributed by atoms with Crippen LogP contribution in [0.1, 0.15) is 52.4 Å². The van der Waals surface area contributed by atoms with Gasteiger partial charge in [0.2, 0.25) is 0 Å². The Kier molecular flexibility index (Phi) is 1.68. The van der Waals surface area contributed by atoms with Gasteiger partial charge >= 0.3 is 0 Å². The summed E-state index contributed by atoms with van der Waals surface area (Å²) in [6.45, 7) is 0. The van der Waals surface area contributed by atoms with Gasteiger partial charge < -0.3 is 4.57 Å². The molecule has 1 fully saturated rings. The highest BCUT2D eigenvalue weighted by Gasteiger charge is 2.65. The van der Waals surface area contributed by atoms with Crippen molar-refractivity contribution in [2.45, 2.75) is 43.4 Å². The van der Waals surface area contributed by atoms with E-state index in [-0.39, 0.29) is 5.66 Å². The van der Waals surface area contributed by atoms with Gasteiger partial charge in [-0.05, 0) is 48.1 Å². The maximum Gasteiger partial charge on any atom is 0.152 e. The van der Waals surface area contributed by atoms with Gasteiger partial charge in [-0.2, -0.15) is 0 Å². The summed E-state index contributed by atoms with van der Waals surface area (Å²) < 4.78 is 2.73. The number of hydrogen-bond acceptors (Lipinski definition) is 1. The molecule has 0 amide bonds. The van der Waals surface area contributed by atoms with Gasteiger partial charge in [0.1, 0.15) is 0 Å². The number of aromatic nitrogens is 1. The maximum absolute atomic E-state index is 2.92. The molecule has 0 N–H and O–H groups in total. The van der Waals surface area contributed by atoms with Gasteiger partial charge in [0.15, 0.2) is 5.66 Å². The van der Waals surface area contributed by atoms with Crippen LogP contribution in [0.5, 0.6) is 0 Å². The zero-order valence-electron chi connectivity index (χ0n) is 14.0. The lowest BCUT2D eigenvalue weighted by atomic mass is 9.76. The second kappa shape index (κ2) is 3.47. The first-order valence-corrected chi connectivity index (χ1v) is 9.63. The van der Waals surface area contributed by atoms with Gasteiger partial charge in [0, 0.05) is 40.9 Å². The minimum atomic E-state index is -0.0334. The average Bonchev–Trinajstić information content (AvgIpc) is 3.36. The monoisotopic (exact) mass is 322 g/mol. The summed E-state index contributed by atoms with van der Waals surface area (Å²) in [6, 6.07) is 20.2. The molecule has 2 unspecified atom stereocenters. The molecule has 0 bridgehead atoms. The Morgan fingerprint density at radius 1 is 0.880 bits per heavy atom. The molecular formula is C23H18N2. The van der Waals surface area contributed by atoms with Crippen molar-refractivity contribution in [3.8, 4) is 11.3 Å². The van der Waals surface area contributed by atoms with E-state index in [1.165, 1.54) is 36.2 Å². The molecule has 3 atom stereocenters. The molecule has 0 radical (unpaired) electrons. The summed E-state index contributed by atoms with van der Waals surface area (Å²) in [4.78, 5) is 2.92. The van der Waals surface area contributed by atoms with Crippen LogP contribution in [0.3, 0.4) is 0 Å². The lowest BCUT2D eigenvalue weighted by Gasteiger charge is -2.49. The zero-order valence-corrected chi connectivity index (χ0v) is 14.0. The normalized spacial score (nSPS) is 31.4. The highest BCUT2D eigenvalue weighted by atomic mass is 15.4. The predicted octanol–water partition coefficient (Wildman–Crippen LogP) is 4.20.